The third kappa shape index (κ3) is 3.10. The number of aryl methyl sites for hydroxylation is 2. The van der Waals surface area contributed by atoms with Crippen molar-refractivity contribution in [2.24, 2.45) is 0 Å². The minimum Gasteiger partial charge on any atom is -0.497 e. The second-order valence-electron chi connectivity index (χ2n) is 7.46. The summed E-state index contributed by atoms with van der Waals surface area (Å²) in [6.45, 7) is 3.78. The first-order chi connectivity index (χ1) is 15.4. The van der Waals surface area contributed by atoms with E-state index in [1.54, 1.807) is 31.4 Å². The van der Waals surface area contributed by atoms with Gasteiger partial charge in [-0.15, -0.1) is 10.2 Å². The number of hydrogen-bond acceptors (Lipinski definition) is 7. The van der Waals surface area contributed by atoms with Crippen molar-refractivity contribution >= 4 is 44.9 Å². The van der Waals surface area contributed by atoms with E-state index in [1.807, 2.05) is 26.0 Å². The van der Waals surface area contributed by atoms with Gasteiger partial charge in [0.2, 0.25) is 10.9 Å². The van der Waals surface area contributed by atoms with Crippen LogP contribution in [0.3, 0.4) is 0 Å². The van der Waals surface area contributed by atoms with E-state index in [0.717, 1.165) is 10.6 Å². The second kappa shape index (κ2) is 7.72. The van der Waals surface area contributed by atoms with Crippen LogP contribution in [0.4, 0.5) is 5.13 Å². The third-order valence-electron chi connectivity index (χ3n) is 5.53. The third-order valence-corrected chi connectivity index (χ3v) is 7.00. The van der Waals surface area contributed by atoms with Gasteiger partial charge in [0.15, 0.2) is 5.43 Å². The molecular weight excluding hydrogens is 450 g/mol. The lowest BCUT2D eigenvalue weighted by molar-refractivity contribution is 0.0970. The minimum atomic E-state index is -0.731. The number of aromatic nitrogens is 2. The Balaban J connectivity index is 1.81. The van der Waals surface area contributed by atoms with Crippen molar-refractivity contribution in [2.45, 2.75) is 26.3 Å². The number of anilines is 1. The predicted octanol–water partition coefficient (Wildman–Crippen LogP) is 4.93. The predicted molar refractivity (Wildman–Crippen MR) is 123 cm³/mol. The van der Waals surface area contributed by atoms with Crippen LogP contribution in [-0.4, -0.2) is 23.2 Å². The molecule has 0 aliphatic carbocycles. The van der Waals surface area contributed by atoms with Gasteiger partial charge in [0.25, 0.3) is 5.91 Å². The Hall–Kier alpha value is -3.23. The summed E-state index contributed by atoms with van der Waals surface area (Å²) in [5.41, 5.74) is 1.73. The SMILES string of the molecule is CCc1nnc(N2C(=O)c3oc4cc(C)c(Cl)cc4c(=O)c3C2c2cccc(OC)c2)s1. The summed E-state index contributed by atoms with van der Waals surface area (Å²) in [5, 5.41) is 10.4. The highest BCUT2D eigenvalue weighted by molar-refractivity contribution is 7.15. The highest BCUT2D eigenvalue weighted by atomic mass is 35.5. The molecule has 4 aromatic rings. The van der Waals surface area contributed by atoms with Crippen molar-refractivity contribution in [1.82, 2.24) is 10.2 Å². The first kappa shape index (κ1) is 20.7. The lowest BCUT2D eigenvalue weighted by atomic mass is 9.98. The van der Waals surface area contributed by atoms with Crippen LogP contribution in [0.25, 0.3) is 11.0 Å². The van der Waals surface area contributed by atoms with Crippen molar-refractivity contribution in [3.8, 4) is 5.75 Å². The molecule has 1 atom stereocenters. The number of methoxy groups -OCH3 is 1. The Labute approximate surface area is 192 Å². The van der Waals surface area contributed by atoms with Crippen LogP contribution in [0.2, 0.25) is 5.02 Å². The molecule has 1 aliphatic rings. The van der Waals surface area contributed by atoms with Crippen LogP contribution in [0.1, 0.15) is 45.2 Å². The zero-order chi connectivity index (χ0) is 22.6. The molecule has 32 heavy (non-hydrogen) atoms. The van der Waals surface area contributed by atoms with Gasteiger partial charge in [0.05, 0.1) is 24.1 Å². The van der Waals surface area contributed by atoms with Crippen LogP contribution in [0.15, 0.2) is 45.6 Å². The van der Waals surface area contributed by atoms with Crippen molar-refractivity contribution in [3.05, 3.63) is 79.1 Å². The van der Waals surface area contributed by atoms with Gasteiger partial charge < -0.3 is 9.15 Å². The van der Waals surface area contributed by atoms with Crippen LogP contribution < -0.4 is 15.1 Å². The molecule has 0 radical (unpaired) electrons. The van der Waals surface area contributed by atoms with E-state index in [1.165, 1.54) is 16.2 Å². The summed E-state index contributed by atoms with van der Waals surface area (Å²) in [5.74, 6) is 0.183. The normalized spacial score (nSPS) is 15.4. The molecule has 2 aromatic carbocycles. The van der Waals surface area contributed by atoms with Gasteiger partial charge in [0.1, 0.15) is 16.3 Å². The fourth-order valence-electron chi connectivity index (χ4n) is 3.90. The summed E-state index contributed by atoms with van der Waals surface area (Å²) >= 11 is 7.60. The van der Waals surface area contributed by atoms with Crippen LogP contribution >= 0.6 is 22.9 Å². The fourth-order valence-corrected chi connectivity index (χ4v) is 4.87. The maximum atomic E-state index is 13.6. The maximum Gasteiger partial charge on any atom is 0.297 e. The number of amides is 1. The molecule has 0 saturated heterocycles. The standard InChI is InChI=1S/C23H18ClN3O4S/c1-4-17-25-26-23(32-17)27-19(12-6-5-7-13(9-12)30-3)18-20(28)14-10-15(24)11(2)8-16(14)31-21(18)22(27)29/h5-10,19H,4H2,1-3H3. The average Bonchev–Trinajstić information content (AvgIpc) is 3.38. The molecule has 1 aliphatic heterocycles. The average molecular weight is 468 g/mol. The minimum absolute atomic E-state index is 0.00490. The Bertz CT molecular complexity index is 1450. The van der Waals surface area contributed by atoms with Crippen molar-refractivity contribution in [3.63, 3.8) is 0 Å². The molecule has 0 spiro atoms. The number of halogens is 1. The quantitative estimate of drug-likeness (QED) is 0.423. The largest absolute Gasteiger partial charge is 0.497 e. The smallest absolute Gasteiger partial charge is 0.297 e. The molecule has 5 rings (SSSR count). The molecule has 0 fully saturated rings. The number of carbonyl (C=O) groups is 1. The Morgan fingerprint density at radius 2 is 2.03 bits per heavy atom. The van der Waals surface area contributed by atoms with E-state index < -0.39 is 11.9 Å². The lowest BCUT2D eigenvalue weighted by Crippen LogP contribution is -2.29. The van der Waals surface area contributed by atoms with E-state index in [-0.39, 0.29) is 16.8 Å². The summed E-state index contributed by atoms with van der Waals surface area (Å²) in [6.07, 6.45) is 0.690. The second-order valence-corrected chi connectivity index (χ2v) is 8.91. The van der Waals surface area contributed by atoms with Gasteiger partial charge in [-0.25, -0.2) is 0 Å². The van der Waals surface area contributed by atoms with Crippen LogP contribution in [-0.2, 0) is 6.42 Å². The number of fused-ring (bicyclic) bond motifs is 2. The molecule has 0 saturated carbocycles. The molecule has 7 nitrogen and oxygen atoms in total. The Morgan fingerprint density at radius 3 is 2.75 bits per heavy atom. The number of hydrogen-bond donors (Lipinski definition) is 0. The number of rotatable bonds is 4. The molecular formula is C23H18ClN3O4S. The zero-order valence-corrected chi connectivity index (χ0v) is 19.1. The maximum absolute atomic E-state index is 13.6. The zero-order valence-electron chi connectivity index (χ0n) is 17.5. The van der Waals surface area contributed by atoms with Gasteiger partial charge in [-0.1, -0.05) is 42.0 Å². The molecule has 9 heteroatoms. The number of ether oxygens (including phenoxy) is 1. The van der Waals surface area contributed by atoms with Crippen molar-refractivity contribution in [2.75, 3.05) is 12.0 Å². The summed E-state index contributed by atoms with van der Waals surface area (Å²) in [7, 11) is 1.56. The van der Waals surface area contributed by atoms with E-state index in [2.05, 4.69) is 10.2 Å². The van der Waals surface area contributed by atoms with Gasteiger partial charge in [-0.05, 0) is 48.7 Å². The van der Waals surface area contributed by atoms with Crippen LogP contribution in [0, 0.1) is 6.92 Å². The highest BCUT2D eigenvalue weighted by Crippen LogP contribution is 2.43. The molecule has 3 heterocycles. The molecule has 162 valence electrons. The Kier molecular flexibility index (Phi) is 4.98. The molecule has 0 bridgehead atoms. The molecule has 1 unspecified atom stereocenters. The van der Waals surface area contributed by atoms with Gasteiger partial charge in [-0.2, -0.15) is 0 Å². The van der Waals surface area contributed by atoms with E-state index in [9.17, 15) is 9.59 Å². The summed E-state index contributed by atoms with van der Waals surface area (Å²) < 4.78 is 11.4. The van der Waals surface area contributed by atoms with Crippen molar-refractivity contribution in [1.29, 1.82) is 0 Å². The monoisotopic (exact) mass is 467 g/mol. The lowest BCUT2D eigenvalue weighted by Gasteiger charge is -2.22. The molecule has 2 aromatic heterocycles. The number of carbonyl (C=O) groups excluding carboxylic acids is 1. The van der Waals surface area contributed by atoms with E-state index in [4.69, 9.17) is 20.8 Å². The summed E-state index contributed by atoms with van der Waals surface area (Å²) in [6, 6.07) is 9.80. The molecule has 1 amide bonds. The first-order valence-corrected chi connectivity index (χ1v) is 11.2. The van der Waals surface area contributed by atoms with Crippen LogP contribution in [0.5, 0.6) is 5.75 Å². The summed E-state index contributed by atoms with van der Waals surface area (Å²) in [4.78, 5) is 28.7. The fraction of sp³-hybridized carbons (Fsp3) is 0.217. The van der Waals surface area contributed by atoms with E-state index >= 15 is 0 Å². The van der Waals surface area contributed by atoms with Gasteiger partial charge in [0, 0.05) is 5.02 Å². The Morgan fingerprint density at radius 1 is 1.22 bits per heavy atom. The highest BCUT2D eigenvalue weighted by Gasteiger charge is 2.45. The van der Waals surface area contributed by atoms with Gasteiger partial charge >= 0.3 is 0 Å². The first-order valence-electron chi connectivity index (χ1n) is 9.99. The topological polar surface area (TPSA) is 85.5 Å². The van der Waals surface area contributed by atoms with Crippen molar-refractivity contribution < 1.29 is 13.9 Å². The van der Waals surface area contributed by atoms with E-state index in [0.29, 0.717) is 38.9 Å². The number of nitrogens with zero attached hydrogens (tertiary/aromatic N) is 3. The molecule has 0 N–H and O–H groups in total. The number of benzene rings is 2. The van der Waals surface area contributed by atoms with Gasteiger partial charge in [-0.3, -0.25) is 14.5 Å².